The maximum Gasteiger partial charge on any atom is 0.410 e. The van der Waals surface area contributed by atoms with Crippen molar-refractivity contribution in [3.05, 3.63) is 29.8 Å². The van der Waals surface area contributed by atoms with E-state index in [0.717, 1.165) is 24.1 Å². The summed E-state index contributed by atoms with van der Waals surface area (Å²) >= 11 is 0. The summed E-state index contributed by atoms with van der Waals surface area (Å²) in [6.45, 7) is 2.77. The van der Waals surface area contributed by atoms with Gasteiger partial charge in [0.15, 0.2) is 0 Å². The van der Waals surface area contributed by atoms with E-state index in [1.54, 1.807) is 4.90 Å². The summed E-state index contributed by atoms with van der Waals surface area (Å²) in [6.07, 6.45) is 1.88. The molecule has 1 aliphatic rings. The van der Waals surface area contributed by atoms with Crippen molar-refractivity contribution >= 4 is 11.8 Å². The van der Waals surface area contributed by atoms with Crippen molar-refractivity contribution in [2.75, 3.05) is 12.3 Å². The second-order valence-corrected chi connectivity index (χ2v) is 4.26. The summed E-state index contributed by atoms with van der Waals surface area (Å²) in [5.41, 5.74) is 7.59. The number of carbonyl (C=O) groups is 1. The first-order valence-electron chi connectivity index (χ1n) is 5.99. The Labute approximate surface area is 101 Å². The van der Waals surface area contributed by atoms with Gasteiger partial charge in [0.1, 0.15) is 0 Å². The Morgan fingerprint density at radius 3 is 2.76 bits per heavy atom. The molecule has 4 nitrogen and oxygen atoms in total. The Kier molecular flexibility index (Phi) is 3.52. The third-order valence-electron chi connectivity index (χ3n) is 2.89. The highest BCUT2D eigenvalue weighted by atomic mass is 16.6. The molecule has 0 aromatic heterocycles. The number of anilines is 1. The van der Waals surface area contributed by atoms with Gasteiger partial charge in [-0.05, 0) is 31.4 Å². The lowest BCUT2D eigenvalue weighted by atomic mass is 10.1. The fraction of sp³-hybridized carbons (Fsp3) is 0.462. The SMILES string of the molecule is CCOC(=O)N(Cc1ccccc1N)C1CC1. The van der Waals surface area contributed by atoms with Gasteiger partial charge in [-0.15, -0.1) is 0 Å². The first-order valence-corrected chi connectivity index (χ1v) is 5.99. The molecule has 0 heterocycles. The zero-order chi connectivity index (χ0) is 12.3. The number of nitrogen functional groups attached to an aromatic ring is 1. The average molecular weight is 234 g/mol. The number of nitrogens with zero attached hydrogens (tertiary/aromatic N) is 1. The van der Waals surface area contributed by atoms with E-state index >= 15 is 0 Å². The Morgan fingerprint density at radius 1 is 1.47 bits per heavy atom. The van der Waals surface area contributed by atoms with Crippen LogP contribution in [0, 0.1) is 0 Å². The molecule has 0 unspecified atom stereocenters. The van der Waals surface area contributed by atoms with E-state index in [-0.39, 0.29) is 6.09 Å². The van der Waals surface area contributed by atoms with Crippen LogP contribution in [0.2, 0.25) is 0 Å². The smallest absolute Gasteiger partial charge is 0.410 e. The number of benzene rings is 1. The molecule has 1 fully saturated rings. The van der Waals surface area contributed by atoms with Crippen LogP contribution in [0.1, 0.15) is 25.3 Å². The molecule has 0 saturated heterocycles. The monoisotopic (exact) mass is 234 g/mol. The summed E-state index contributed by atoms with van der Waals surface area (Å²) in [4.78, 5) is 13.6. The van der Waals surface area contributed by atoms with Crippen molar-refractivity contribution in [2.24, 2.45) is 0 Å². The molecule has 2 rings (SSSR count). The molecule has 0 bridgehead atoms. The molecule has 1 aliphatic carbocycles. The van der Waals surface area contributed by atoms with Gasteiger partial charge in [-0.25, -0.2) is 4.79 Å². The zero-order valence-corrected chi connectivity index (χ0v) is 10.1. The van der Waals surface area contributed by atoms with Crippen LogP contribution in [0.25, 0.3) is 0 Å². The lowest BCUT2D eigenvalue weighted by Gasteiger charge is -2.22. The second kappa shape index (κ2) is 5.08. The van der Waals surface area contributed by atoms with Crippen molar-refractivity contribution in [3.63, 3.8) is 0 Å². The van der Waals surface area contributed by atoms with Gasteiger partial charge in [0.25, 0.3) is 0 Å². The Morgan fingerprint density at radius 2 is 2.18 bits per heavy atom. The van der Waals surface area contributed by atoms with Crippen molar-refractivity contribution in [3.8, 4) is 0 Å². The second-order valence-electron chi connectivity index (χ2n) is 4.26. The van der Waals surface area contributed by atoms with Crippen molar-refractivity contribution in [1.82, 2.24) is 4.90 Å². The minimum Gasteiger partial charge on any atom is -0.450 e. The van der Waals surface area contributed by atoms with Crippen molar-refractivity contribution < 1.29 is 9.53 Å². The van der Waals surface area contributed by atoms with Crippen LogP contribution in [0.4, 0.5) is 10.5 Å². The van der Waals surface area contributed by atoms with E-state index in [2.05, 4.69) is 0 Å². The van der Waals surface area contributed by atoms with Gasteiger partial charge >= 0.3 is 6.09 Å². The maximum absolute atomic E-state index is 11.8. The Balaban J connectivity index is 2.08. The number of nitrogens with two attached hydrogens (primary N) is 1. The van der Waals surface area contributed by atoms with Crippen LogP contribution >= 0.6 is 0 Å². The number of carbonyl (C=O) groups excluding carboxylic acids is 1. The number of para-hydroxylation sites is 1. The molecule has 0 aliphatic heterocycles. The molecule has 92 valence electrons. The molecular weight excluding hydrogens is 216 g/mol. The number of ether oxygens (including phenoxy) is 1. The fourth-order valence-corrected chi connectivity index (χ4v) is 1.80. The molecule has 2 N–H and O–H groups in total. The predicted octanol–water partition coefficient (Wildman–Crippen LogP) is 2.39. The molecule has 1 amide bonds. The highest BCUT2D eigenvalue weighted by Gasteiger charge is 2.33. The normalized spacial score (nSPS) is 14.4. The van der Waals surface area contributed by atoms with E-state index in [0.29, 0.717) is 19.2 Å². The highest BCUT2D eigenvalue weighted by molar-refractivity contribution is 5.69. The first-order chi connectivity index (χ1) is 8.22. The average Bonchev–Trinajstić information content (AvgIpc) is 3.12. The number of hydrogen-bond donors (Lipinski definition) is 1. The molecule has 17 heavy (non-hydrogen) atoms. The van der Waals surface area contributed by atoms with E-state index < -0.39 is 0 Å². The van der Waals surface area contributed by atoms with E-state index in [1.165, 1.54) is 0 Å². The summed E-state index contributed by atoms with van der Waals surface area (Å²) in [5, 5.41) is 0. The largest absolute Gasteiger partial charge is 0.450 e. The molecule has 1 aromatic rings. The zero-order valence-electron chi connectivity index (χ0n) is 10.1. The quantitative estimate of drug-likeness (QED) is 0.814. The molecule has 4 heteroatoms. The lowest BCUT2D eigenvalue weighted by Crippen LogP contribution is -2.33. The van der Waals surface area contributed by atoms with Gasteiger partial charge in [0.05, 0.1) is 13.2 Å². The van der Waals surface area contributed by atoms with Gasteiger partial charge < -0.3 is 15.4 Å². The highest BCUT2D eigenvalue weighted by Crippen LogP contribution is 2.29. The van der Waals surface area contributed by atoms with E-state index in [4.69, 9.17) is 10.5 Å². The number of hydrogen-bond acceptors (Lipinski definition) is 3. The molecular formula is C13H18N2O2. The Bertz CT molecular complexity index is 402. The lowest BCUT2D eigenvalue weighted by molar-refractivity contribution is 0.102. The van der Waals surface area contributed by atoms with Crippen LogP contribution in [0.15, 0.2) is 24.3 Å². The van der Waals surface area contributed by atoms with E-state index in [9.17, 15) is 4.79 Å². The summed E-state index contributed by atoms with van der Waals surface area (Å²) in [6, 6.07) is 7.95. The topological polar surface area (TPSA) is 55.6 Å². The van der Waals surface area contributed by atoms with Crippen LogP contribution in [-0.2, 0) is 11.3 Å². The molecule has 0 atom stereocenters. The Hall–Kier alpha value is -1.71. The van der Waals surface area contributed by atoms with Crippen molar-refractivity contribution in [1.29, 1.82) is 0 Å². The first kappa shape index (κ1) is 11.8. The van der Waals surface area contributed by atoms with Gasteiger partial charge in [-0.3, -0.25) is 0 Å². The van der Waals surface area contributed by atoms with Gasteiger partial charge in [-0.2, -0.15) is 0 Å². The van der Waals surface area contributed by atoms with Crippen LogP contribution in [-0.4, -0.2) is 23.6 Å². The molecule has 0 spiro atoms. The molecule has 1 saturated carbocycles. The summed E-state index contributed by atoms with van der Waals surface area (Å²) in [7, 11) is 0. The minimum absolute atomic E-state index is 0.238. The van der Waals surface area contributed by atoms with Gasteiger partial charge in [-0.1, -0.05) is 18.2 Å². The number of rotatable bonds is 4. The van der Waals surface area contributed by atoms with Gasteiger partial charge in [0, 0.05) is 11.7 Å². The van der Waals surface area contributed by atoms with Gasteiger partial charge in [0.2, 0.25) is 0 Å². The molecule has 0 radical (unpaired) electrons. The summed E-state index contributed by atoms with van der Waals surface area (Å²) in [5.74, 6) is 0. The summed E-state index contributed by atoms with van der Waals surface area (Å²) < 4.78 is 5.06. The minimum atomic E-state index is -0.238. The predicted molar refractivity (Wildman–Crippen MR) is 66.4 cm³/mol. The third kappa shape index (κ3) is 2.90. The standard InChI is InChI=1S/C13H18N2O2/c1-2-17-13(16)15(11-7-8-11)9-10-5-3-4-6-12(10)14/h3-6,11H,2,7-9,14H2,1H3. The number of amides is 1. The fourth-order valence-electron chi connectivity index (χ4n) is 1.80. The molecule has 1 aromatic carbocycles. The van der Waals surface area contributed by atoms with Crippen molar-refractivity contribution in [2.45, 2.75) is 32.4 Å². The maximum atomic E-state index is 11.8. The third-order valence-corrected chi connectivity index (χ3v) is 2.89. The van der Waals surface area contributed by atoms with Crippen LogP contribution < -0.4 is 5.73 Å². The van der Waals surface area contributed by atoms with Crippen LogP contribution in [0.5, 0.6) is 0 Å². The van der Waals surface area contributed by atoms with Crippen LogP contribution in [0.3, 0.4) is 0 Å². The van der Waals surface area contributed by atoms with E-state index in [1.807, 2.05) is 31.2 Å².